The summed E-state index contributed by atoms with van der Waals surface area (Å²) in [5.74, 6) is -0.145. The molecule has 1 aliphatic heterocycles. The fraction of sp³-hybridized carbons (Fsp3) is 0.333. The molecule has 3 atom stereocenters. The van der Waals surface area contributed by atoms with Gasteiger partial charge in [0.1, 0.15) is 5.83 Å². The number of nitrogens with zero attached hydrogens (tertiary/aromatic N) is 3. The molecule has 1 aromatic heterocycles. The standard InChI is InChI=1S/C24H26ClFN4S/c1-14-6-7-16(11-19(26)20-9-8-17(25)13-28-20)10-18(14)23(3)21-12-24(21,15(2)30(4)5)31-22(27)29-23/h6-11,13,21H,2,12H2,1,3-5H3,(H2,27,29)/b19-11-/t21-,23+,24+/m0/s1. The van der Waals surface area contributed by atoms with Gasteiger partial charge in [-0.25, -0.2) is 4.39 Å². The molecule has 2 aliphatic rings. The van der Waals surface area contributed by atoms with E-state index in [0.717, 1.165) is 28.8 Å². The molecule has 2 N–H and O–H groups in total. The van der Waals surface area contributed by atoms with Crippen LogP contribution in [0.3, 0.4) is 0 Å². The molecular formula is C24H26ClFN4S. The van der Waals surface area contributed by atoms with Crippen molar-refractivity contribution in [3.63, 3.8) is 0 Å². The van der Waals surface area contributed by atoms with Crippen LogP contribution in [-0.4, -0.2) is 33.9 Å². The van der Waals surface area contributed by atoms with Crippen molar-refractivity contribution in [1.82, 2.24) is 9.88 Å². The number of fused-ring (bicyclic) bond motifs is 1. The van der Waals surface area contributed by atoms with Crippen LogP contribution in [-0.2, 0) is 5.54 Å². The highest BCUT2D eigenvalue weighted by molar-refractivity contribution is 8.15. The second-order valence-electron chi connectivity index (χ2n) is 8.62. The van der Waals surface area contributed by atoms with Crippen molar-refractivity contribution in [3.05, 3.63) is 76.2 Å². The first-order chi connectivity index (χ1) is 14.6. The normalized spacial score (nSPS) is 27.4. The van der Waals surface area contributed by atoms with Crippen molar-refractivity contribution in [2.24, 2.45) is 16.6 Å². The molecule has 162 valence electrons. The first-order valence-electron chi connectivity index (χ1n) is 10.1. The lowest BCUT2D eigenvalue weighted by molar-refractivity contribution is 0.395. The number of pyridine rings is 1. The summed E-state index contributed by atoms with van der Waals surface area (Å²) in [7, 11) is 4.02. The van der Waals surface area contributed by atoms with Gasteiger partial charge >= 0.3 is 0 Å². The molecule has 1 fully saturated rings. The summed E-state index contributed by atoms with van der Waals surface area (Å²) in [6.45, 7) is 8.51. The number of aromatic nitrogens is 1. The zero-order chi connectivity index (χ0) is 22.6. The topological polar surface area (TPSA) is 54.5 Å². The Kier molecular flexibility index (Phi) is 5.42. The first-order valence-corrected chi connectivity index (χ1v) is 11.3. The van der Waals surface area contributed by atoms with Gasteiger partial charge in [-0.15, -0.1) is 0 Å². The lowest BCUT2D eigenvalue weighted by atomic mass is 9.82. The molecule has 0 bridgehead atoms. The van der Waals surface area contributed by atoms with Crippen LogP contribution >= 0.6 is 23.4 Å². The summed E-state index contributed by atoms with van der Waals surface area (Å²) < 4.78 is 14.7. The molecule has 0 unspecified atom stereocenters. The number of amidine groups is 1. The number of hydrogen-bond acceptors (Lipinski definition) is 5. The van der Waals surface area contributed by atoms with E-state index in [1.54, 1.807) is 23.9 Å². The summed E-state index contributed by atoms with van der Waals surface area (Å²) in [4.78, 5) is 11.0. The zero-order valence-corrected chi connectivity index (χ0v) is 19.7. The van der Waals surface area contributed by atoms with Gasteiger partial charge in [0.2, 0.25) is 0 Å². The smallest absolute Gasteiger partial charge is 0.155 e. The van der Waals surface area contributed by atoms with Gasteiger partial charge in [-0.05, 0) is 61.2 Å². The third-order valence-electron chi connectivity index (χ3n) is 6.32. The van der Waals surface area contributed by atoms with Gasteiger partial charge in [0.05, 0.1) is 21.0 Å². The van der Waals surface area contributed by atoms with Crippen molar-refractivity contribution < 1.29 is 4.39 Å². The molecule has 2 heterocycles. The third-order valence-corrected chi connectivity index (χ3v) is 7.89. The fourth-order valence-corrected chi connectivity index (χ4v) is 6.18. The first kappa shape index (κ1) is 21.9. The number of hydrogen-bond donors (Lipinski definition) is 1. The average Bonchev–Trinajstić information content (AvgIpc) is 3.45. The Labute approximate surface area is 192 Å². The van der Waals surface area contributed by atoms with Crippen molar-refractivity contribution >= 4 is 40.4 Å². The quantitative estimate of drug-likeness (QED) is 0.634. The second-order valence-corrected chi connectivity index (χ2v) is 10.4. The number of nitrogens with two attached hydrogens (primary N) is 1. The number of benzene rings is 1. The molecule has 1 aliphatic carbocycles. The lowest BCUT2D eigenvalue weighted by Gasteiger charge is -2.37. The van der Waals surface area contributed by atoms with Gasteiger partial charge in [-0.2, -0.15) is 0 Å². The van der Waals surface area contributed by atoms with E-state index in [1.165, 1.54) is 12.3 Å². The minimum Gasteiger partial charge on any atom is -0.380 e. The summed E-state index contributed by atoms with van der Waals surface area (Å²) >= 11 is 7.47. The Hall–Kier alpha value is -2.31. The van der Waals surface area contributed by atoms with Gasteiger partial charge in [0, 0.05) is 31.9 Å². The number of thioether (sulfide) groups is 1. The molecule has 1 saturated carbocycles. The highest BCUT2D eigenvalue weighted by atomic mass is 35.5. The number of halogens is 2. The number of rotatable bonds is 5. The maximum absolute atomic E-state index is 14.8. The van der Waals surface area contributed by atoms with E-state index in [1.807, 2.05) is 32.3 Å². The van der Waals surface area contributed by atoms with Gasteiger partial charge in [0.25, 0.3) is 0 Å². The molecule has 4 rings (SSSR count). The molecule has 0 spiro atoms. The molecule has 1 aromatic carbocycles. The number of aliphatic imine (C=N–C) groups is 1. The molecule has 4 nitrogen and oxygen atoms in total. The lowest BCUT2D eigenvalue weighted by Crippen LogP contribution is -2.38. The minimum absolute atomic E-state index is 0.138. The number of aryl methyl sites for hydroxylation is 1. The van der Waals surface area contributed by atoms with Crippen LogP contribution in [0.4, 0.5) is 4.39 Å². The third kappa shape index (κ3) is 3.76. The van der Waals surface area contributed by atoms with Crippen molar-refractivity contribution in [1.29, 1.82) is 0 Å². The molecule has 0 amide bonds. The van der Waals surface area contributed by atoms with Crippen LogP contribution in [0.2, 0.25) is 5.02 Å². The summed E-state index contributed by atoms with van der Waals surface area (Å²) in [6, 6.07) is 9.12. The SMILES string of the molecule is C=C(N(C)C)[C@]12C[C@H]1[C@@](C)(c1cc(/C=C(\F)c3ccc(Cl)cn3)ccc1C)N=C(N)S2. The molecular weight excluding hydrogens is 431 g/mol. The average molecular weight is 457 g/mol. The van der Waals surface area contributed by atoms with E-state index >= 15 is 0 Å². The van der Waals surface area contributed by atoms with Crippen molar-refractivity contribution in [2.45, 2.75) is 30.6 Å². The Balaban J connectivity index is 1.73. The molecule has 31 heavy (non-hydrogen) atoms. The summed E-state index contributed by atoms with van der Waals surface area (Å²) in [5.41, 5.74) is 10.0. The highest BCUT2D eigenvalue weighted by Crippen LogP contribution is 2.68. The molecule has 2 aromatic rings. The molecule has 0 saturated heterocycles. The van der Waals surface area contributed by atoms with Gasteiger partial charge < -0.3 is 10.6 Å². The van der Waals surface area contributed by atoms with Crippen LogP contribution in [0.1, 0.15) is 35.7 Å². The summed E-state index contributed by atoms with van der Waals surface area (Å²) in [6.07, 6.45) is 3.89. The van der Waals surface area contributed by atoms with Crippen molar-refractivity contribution in [3.8, 4) is 0 Å². The minimum atomic E-state index is -0.503. The zero-order valence-electron chi connectivity index (χ0n) is 18.1. The van der Waals surface area contributed by atoms with E-state index in [-0.39, 0.29) is 16.4 Å². The predicted octanol–water partition coefficient (Wildman–Crippen LogP) is 5.62. The van der Waals surface area contributed by atoms with E-state index in [9.17, 15) is 4.39 Å². The second kappa shape index (κ2) is 7.68. The predicted molar refractivity (Wildman–Crippen MR) is 130 cm³/mol. The maximum Gasteiger partial charge on any atom is 0.155 e. The van der Waals surface area contributed by atoms with E-state index < -0.39 is 11.4 Å². The van der Waals surface area contributed by atoms with Gasteiger partial charge in [-0.3, -0.25) is 9.98 Å². The Morgan fingerprint density at radius 1 is 1.35 bits per heavy atom. The van der Waals surface area contributed by atoms with Gasteiger partial charge in [-0.1, -0.05) is 42.1 Å². The Bertz CT molecular complexity index is 1110. The summed E-state index contributed by atoms with van der Waals surface area (Å²) in [5, 5.41) is 1.04. The largest absolute Gasteiger partial charge is 0.380 e. The highest BCUT2D eigenvalue weighted by Gasteiger charge is 2.68. The Morgan fingerprint density at radius 2 is 2.10 bits per heavy atom. The Morgan fingerprint density at radius 3 is 2.74 bits per heavy atom. The van der Waals surface area contributed by atoms with Gasteiger partial charge in [0.15, 0.2) is 5.17 Å². The van der Waals surface area contributed by atoms with E-state index in [2.05, 4.69) is 30.3 Å². The van der Waals surface area contributed by atoms with Crippen LogP contribution in [0, 0.1) is 12.8 Å². The van der Waals surface area contributed by atoms with Crippen LogP contribution < -0.4 is 5.73 Å². The van der Waals surface area contributed by atoms with E-state index in [0.29, 0.717) is 10.2 Å². The van der Waals surface area contributed by atoms with Crippen LogP contribution in [0.25, 0.3) is 11.9 Å². The van der Waals surface area contributed by atoms with E-state index in [4.69, 9.17) is 22.3 Å². The molecule has 7 heteroatoms. The monoisotopic (exact) mass is 456 g/mol. The van der Waals surface area contributed by atoms with Crippen LogP contribution in [0.15, 0.2) is 53.8 Å². The maximum atomic E-state index is 14.8. The van der Waals surface area contributed by atoms with Crippen molar-refractivity contribution in [2.75, 3.05) is 14.1 Å². The van der Waals surface area contributed by atoms with Crippen LogP contribution in [0.5, 0.6) is 0 Å². The fourth-order valence-electron chi connectivity index (χ4n) is 4.54. The molecule has 0 radical (unpaired) electrons.